The zero-order valence-corrected chi connectivity index (χ0v) is 17.1. The minimum Gasteiger partial charge on any atom is -0.508 e. The minimum absolute atomic E-state index is 0.0125. The number of benzene rings is 1. The van der Waals surface area contributed by atoms with Crippen LogP contribution in [0.2, 0.25) is 0 Å². The van der Waals surface area contributed by atoms with Gasteiger partial charge >= 0.3 is 0 Å². The van der Waals surface area contributed by atoms with Crippen LogP contribution in [0.3, 0.4) is 0 Å². The molecule has 0 spiro atoms. The van der Waals surface area contributed by atoms with Crippen LogP contribution >= 0.6 is 0 Å². The molecule has 2 aromatic rings. The molecule has 4 atom stereocenters. The summed E-state index contributed by atoms with van der Waals surface area (Å²) < 4.78 is 0. The van der Waals surface area contributed by atoms with E-state index in [4.69, 9.17) is 11.5 Å². The summed E-state index contributed by atoms with van der Waals surface area (Å²) >= 11 is 0. The smallest absolute Gasteiger partial charge is 0.255 e. The predicted molar refractivity (Wildman–Crippen MR) is 112 cm³/mol. The quantitative estimate of drug-likeness (QED) is 0.299. The number of aromatic amines is 1. The molecule has 1 heterocycles. The summed E-state index contributed by atoms with van der Waals surface area (Å²) in [6.45, 7) is 0. The van der Waals surface area contributed by atoms with Crippen LogP contribution in [-0.2, 0) is 20.8 Å². The lowest BCUT2D eigenvalue weighted by atomic mass is 9.57. The van der Waals surface area contributed by atoms with Gasteiger partial charge in [-0.25, -0.2) is 0 Å². The van der Waals surface area contributed by atoms with E-state index in [2.05, 4.69) is 10.2 Å². The number of hydrogen-bond donors (Lipinski definition) is 7. The van der Waals surface area contributed by atoms with Gasteiger partial charge in [-0.2, -0.15) is 5.10 Å². The van der Waals surface area contributed by atoms with E-state index in [0.717, 1.165) is 0 Å². The van der Waals surface area contributed by atoms with E-state index in [-0.39, 0.29) is 29.7 Å². The molecule has 11 heteroatoms. The van der Waals surface area contributed by atoms with Gasteiger partial charge in [-0.15, -0.1) is 0 Å². The van der Waals surface area contributed by atoms with Crippen LogP contribution in [0, 0.1) is 11.8 Å². The molecule has 9 N–H and O–H groups in total. The number of hydrogen-bond acceptors (Lipinski definition) is 9. The molecule has 1 aromatic carbocycles. The second-order valence-corrected chi connectivity index (χ2v) is 8.54. The monoisotopic (exact) mass is 452 g/mol. The van der Waals surface area contributed by atoms with Gasteiger partial charge in [0.1, 0.15) is 22.8 Å². The van der Waals surface area contributed by atoms with Gasteiger partial charge in [0.15, 0.2) is 11.4 Å². The topological polar surface area (TPSA) is 213 Å². The summed E-state index contributed by atoms with van der Waals surface area (Å²) in [5.74, 6) is -7.34. The fraction of sp³-hybridized carbons (Fsp3) is 0.273. The Balaban J connectivity index is 1.74. The second kappa shape index (κ2) is 6.77. The third kappa shape index (κ3) is 2.57. The van der Waals surface area contributed by atoms with Crippen molar-refractivity contribution >= 4 is 23.2 Å². The van der Waals surface area contributed by atoms with Crippen molar-refractivity contribution in [2.45, 2.75) is 24.5 Å². The highest BCUT2D eigenvalue weighted by Crippen LogP contribution is 2.52. The Kier molecular flexibility index (Phi) is 4.29. The van der Waals surface area contributed by atoms with Crippen molar-refractivity contribution < 1.29 is 34.8 Å². The highest BCUT2D eigenvalue weighted by molar-refractivity contribution is 6.24. The number of primary amides is 1. The van der Waals surface area contributed by atoms with Crippen molar-refractivity contribution in [2.24, 2.45) is 23.3 Å². The Bertz CT molecular complexity index is 1310. The first-order chi connectivity index (χ1) is 15.6. The van der Waals surface area contributed by atoms with Gasteiger partial charge in [0.25, 0.3) is 5.91 Å². The van der Waals surface area contributed by atoms with E-state index < -0.39 is 58.0 Å². The Morgan fingerprint density at radius 1 is 1.18 bits per heavy atom. The van der Waals surface area contributed by atoms with Crippen LogP contribution in [0.4, 0.5) is 0 Å². The van der Waals surface area contributed by atoms with Crippen molar-refractivity contribution in [3.05, 3.63) is 52.4 Å². The zero-order valence-electron chi connectivity index (χ0n) is 17.1. The molecule has 1 fully saturated rings. The molecule has 0 saturated heterocycles. The molecular weight excluding hydrogens is 432 g/mol. The van der Waals surface area contributed by atoms with Crippen LogP contribution < -0.4 is 11.5 Å². The van der Waals surface area contributed by atoms with Crippen LogP contribution in [-0.4, -0.2) is 59.7 Å². The van der Waals surface area contributed by atoms with E-state index >= 15 is 0 Å². The van der Waals surface area contributed by atoms with Crippen LogP contribution in [0.1, 0.15) is 17.5 Å². The van der Waals surface area contributed by atoms with Gasteiger partial charge in [0.05, 0.1) is 17.3 Å². The molecule has 0 radical (unpaired) electrons. The molecule has 0 aliphatic heterocycles. The molecule has 5 rings (SSSR count). The maximum atomic E-state index is 13.5. The number of rotatable bonds is 2. The molecule has 170 valence electrons. The van der Waals surface area contributed by atoms with Crippen molar-refractivity contribution in [3.8, 4) is 17.0 Å². The second-order valence-electron chi connectivity index (χ2n) is 8.54. The average Bonchev–Trinajstić information content (AvgIpc) is 3.29. The zero-order chi connectivity index (χ0) is 23.8. The van der Waals surface area contributed by atoms with Gasteiger partial charge < -0.3 is 31.9 Å². The van der Waals surface area contributed by atoms with E-state index in [1.54, 1.807) is 18.3 Å². The summed E-state index contributed by atoms with van der Waals surface area (Å²) in [5, 5.41) is 50.2. The number of nitrogens with one attached hydrogen (secondary N) is 1. The standard InChI is InChI=1S/C22H20N4O7/c23-16-10-6-7-5-9-8(11-3-4-25-26-11)1-2-12(27)14(9)17(28)13(7)19(30)22(10,33)20(31)15(18(16)29)21(24)32/h1-4,7,10,16,27-28,31,33H,5-6,23H2,(H2,24,32)(H,25,26)/t7-,10-,16+,22-/m0/s1. The summed E-state index contributed by atoms with van der Waals surface area (Å²) in [6, 6.07) is 3.23. The normalized spacial score (nSPS) is 29.0. The van der Waals surface area contributed by atoms with Gasteiger partial charge in [-0.3, -0.25) is 19.5 Å². The lowest BCUT2D eigenvalue weighted by Crippen LogP contribution is -2.65. The number of amides is 1. The van der Waals surface area contributed by atoms with E-state index in [0.29, 0.717) is 16.8 Å². The Hall–Kier alpha value is -3.96. The first kappa shape index (κ1) is 20.9. The lowest BCUT2D eigenvalue weighted by molar-refractivity contribution is -0.149. The van der Waals surface area contributed by atoms with Crippen LogP contribution in [0.25, 0.3) is 17.0 Å². The molecular formula is C22H20N4O7. The van der Waals surface area contributed by atoms with E-state index in [9.17, 15) is 34.8 Å². The number of carbonyl (C=O) groups excluding carboxylic acids is 3. The number of aliphatic hydroxyl groups is 3. The van der Waals surface area contributed by atoms with Crippen molar-refractivity contribution in [2.75, 3.05) is 0 Å². The highest BCUT2D eigenvalue weighted by Gasteiger charge is 2.63. The molecule has 11 nitrogen and oxygen atoms in total. The minimum atomic E-state index is -2.72. The first-order valence-electron chi connectivity index (χ1n) is 10.2. The Morgan fingerprint density at radius 2 is 1.91 bits per heavy atom. The lowest BCUT2D eigenvalue weighted by Gasteiger charge is -2.48. The number of aromatic hydroxyl groups is 1. The summed E-state index contributed by atoms with van der Waals surface area (Å²) in [6.07, 6.45) is 1.66. The summed E-state index contributed by atoms with van der Waals surface area (Å²) in [5.41, 5.74) is 9.12. The van der Waals surface area contributed by atoms with Gasteiger partial charge in [0, 0.05) is 23.3 Å². The fourth-order valence-corrected chi connectivity index (χ4v) is 5.38. The number of nitrogens with zero attached hydrogens (tertiary/aromatic N) is 1. The number of fused-ring (bicyclic) bond motifs is 3. The maximum Gasteiger partial charge on any atom is 0.255 e. The van der Waals surface area contributed by atoms with E-state index in [1.165, 1.54) is 6.07 Å². The number of phenols is 1. The summed E-state index contributed by atoms with van der Waals surface area (Å²) in [4.78, 5) is 37.9. The van der Waals surface area contributed by atoms with Crippen LogP contribution in [0.5, 0.6) is 5.75 Å². The fourth-order valence-electron chi connectivity index (χ4n) is 5.38. The first-order valence-corrected chi connectivity index (χ1v) is 10.2. The highest BCUT2D eigenvalue weighted by atomic mass is 16.3. The largest absolute Gasteiger partial charge is 0.508 e. The van der Waals surface area contributed by atoms with Gasteiger partial charge in [0.2, 0.25) is 5.78 Å². The molecule has 3 aliphatic carbocycles. The van der Waals surface area contributed by atoms with Gasteiger partial charge in [-0.05, 0) is 42.5 Å². The van der Waals surface area contributed by atoms with Crippen molar-refractivity contribution in [3.63, 3.8) is 0 Å². The third-order valence-corrected chi connectivity index (χ3v) is 6.93. The number of ketones is 2. The number of carbonyl (C=O) groups is 3. The molecule has 0 unspecified atom stereocenters. The number of nitrogens with two attached hydrogens (primary N) is 2. The van der Waals surface area contributed by atoms with Gasteiger partial charge in [-0.1, -0.05) is 0 Å². The molecule has 0 bridgehead atoms. The summed E-state index contributed by atoms with van der Waals surface area (Å²) in [7, 11) is 0. The van der Waals surface area contributed by atoms with Crippen molar-refractivity contribution in [1.82, 2.24) is 10.2 Å². The predicted octanol–water partition coefficient (Wildman–Crippen LogP) is -0.249. The molecule has 1 aromatic heterocycles. The third-order valence-electron chi connectivity index (χ3n) is 6.93. The number of aromatic nitrogens is 2. The molecule has 1 amide bonds. The molecule has 1 saturated carbocycles. The number of Topliss-reactive ketones (excluding diaryl/α,β-unsaturated/α-hetero) is 2. The van der Waals surface area contributed by atoms with E-state index in [1.807, 2.05) is 0 Å². The van der Waals surface area contributed by atoms with Crippen molar-refractivity contribution in [1.29, 1.82) is 0 Å². The number of phenolic OH excluding ortho intramolecular Hbond substituents is 1. The average molecular weight is 452 g/mol. The SMILES string of the molecule is NC(=O)C1=C(O)[C@@]2(O)C(=O)C3=C(O)c4c(O)ccc(-c5ccn[nH]5)c4C[C@H]3C[C@H]2[C@@H](N)C1=O. The van der Waals surface area contributed by atoms with Crippen LogP contribution in [0.15, 0.2) is 41.3 Å². The Labute approximate surface area is 186 Å². The molecule has 3 aliphatic rings. The number of H-pyrrole nitrogens is 1. The molecule has 33 heavy (non-hydrogen) atoms. The Morgan fingerprint density at radius 3 is 2.55 bits per heavy atom. The number of aliphatic hydroxyl groups excluding tert-OH is 2. The maximum absolute atomic E-state index is 13.5.